The molecule has 0 bridgehead atoms. The molecule has 0 unspecified atom stereocenters. The zero-order valence-corrected chi connectivity index (χ0v) is 15.6. The molecule has 114 valence electrons. The minimum atomic E-state index is -3.77. The van der Waals surface area contributed by atoms with Gasteiger partial charge in [-0.15, -0.1) is 11.3 Å². The second-order valence-electron chi connectivity index (χ2n) is 4.32. The van der Waals surface area contributed by atoms with Gasteiger partial charge < -0.3 is 5.73 Å². The lowest BCUT2D eigenvalue weighted by Crippen LogP contribution is -2.26. The molecule has 0 saturated heterocycles. The van der Waals surface area contributed by atoms with E-state index >= 15 is 0 Å². The van der Waals surface area contributed by atoms with Gasteiger partial charge in [0.2, 0.25) is 10.0 Å². The SMILES string of the molecule is CN(Cc1csc(Br)c1)S(=O)(=O)c1cc(N)c(F)cc1Br. The fraction of sp³-hybridized carbons (Fsp3) is 0.167. The Balaban J connectivity index is 2.35. The molecule has 1 heterocycles. The second-order valence-corrected chi connectivity index (χ2v) is 9.48. The van der Waals surface area contributed by atoms with E-state index in [1.54, 1.807) is 0 Å². The van der Waals surface area contributed by atoms with Gasteiger partial charge in [0.05, 0.1) is 14.4 Å². The number of thiophene rings is 1. The number of rotatable bonds is 4. The molecule has 0 atom stereocenters. The predicted octanol–water partition coefficient (Wildman–Crippen LogP) is 3.82. The molecule has 1 aromatic carbocycles. The first-order valence-electron chi connectivity index (χ1n) is 5.65. The lowest BCUT2D eigenvalue weighted by molar-refractivity contribution is 0.466. The number of sulfonamides is 1. The average molecular weight is 458 g/mol. The highest BCUT2D eigenvalue weighted by molar-refractivity contribution is 9.11. The summed E-state index contributed by atoms with van der Waals surface area (Å²) < 4.78 is 40.7. The Bertz CT molecular complexity index is 778. The summed E-state index contributed by atoms with van der Waals surface area (Å²) in [6.07, 6.45) is 0. The molecule has 0 radical (unpaired) electrons. The Morgan fingerprint density at radius 2 is 2.00 bits per heavy atom. The van der Waals surface area contributed by atoms with E-state index in [9.17, 15) is 12.8 Å². The van der Waals surface area contributed by atoms with Crippen molar-refractivity contribution < 1.29 is 12.8 Å². The zero-order chi connectivity index (χ0) is 15.8. The Hall–Kier alpha value is -0.480. The molecular weight excluding hydrogens is 447 g/mol. The van der Waals surface area contributed by atoms with Crippen molar-refractivity contribution in [3.8, 4) is 0 Å². The predicted molar refractivity (Wildman–Crippen MR) is 89.2 cm³/mol. The lowest BCUT2D eigenvalue weighted by Gasteiger charge is -2.18. The molecule has 0 saturated carbocycles. The smallest absolute Gasteiger partial charge is 0.244 e. The molecule has 0 spiro atoms. The summed E-state index contributed by atoms with van der Waals surface area (Å²) >= 11 is 7.88. The first kappa shape index (κ1) is 16.9. The number of nitrogens with zero attached hydrogens (tertiary/aromatic N) is 1. The molecule has 9 heteroatoms. The molecule has 0 amide bonds. The van der Waals surface area contributed by atoms with E-state index in [-0.39, 0.29) is 21.6 Å². The molecule has 0 aliphatic rings. The molecule has 2 N–H and O–H groups in total. The van der Waals surface area contributed by atoms with Crippen LogP contribution in [0.3, 0.4) is 0 Å². The summed E-state index contributed by atoms with van der Waals surface area (Å²) in [5, 5.41) is 1.87. The first-order valence-corrected chi connectivity index (χ1v) is 9.56. The maximum Gasteiger partial charge on any atom is 0.244 e. The van der Waals surface area contributed by atoms with Crippen LogP contribution in [0.5, 0.6) is 0 Å². The van der Waals surface area contributed by atoms with Crippen molar-refractivity contribution in [3.63, 3.8) is 0 Å². The molecule has 0 aliphatic carbocycles. The topological polar surface area (TPSA) is 63.4 Å². The third kappa shape index (κ3) is 3.65. The van der Waals surface area contributed by atoms with Crippen LogP contribution in [0, 0.1) is 5.82 Å². The molecule has 1 aromatic heterocycles. The summed E-state index contributed by atoms with van der Waals surface area (Å²) in [7, 11) is -2.30. The maximum absolute atomic E-state index is 13.3. The van der Waals surface area contributed by atoms with E-state index < -0.39 is 15.8 Å². The summed E-state index contributed by atoms with van der Waals surface area (Å²) in [6, 6.07) is 4.02. The van der Waals surface area contributed by atoms with Crippen molar-refractivity contribution in [1.29, 1.82) is 0 Å². The van der Waals surface area contributed by atoms with Gasteiger partial charge in [-0.3, -0.25) is 0 Å². The number of nitrogens with two attached hydrogens (primary N) is 1. The molecule has 0 fully saturated rings. The van der Waals surface area contributed by atoms with Gasteiger partial charge in [-0.05, 0) is 61.0 Å². The Kier molecular flexibility index (Phi) is 5.09. The van der Waals surface area contributed by atoms with Crippen LogP contribution in [0.1, 0.15) is 5.56 Å². The first-order chi connectivity index (χ1) is 9.71. The van der Waals surface area contributed by atoms with E-state index in [4.69, 9.17) is 5.73 Å². The van der Waals surface area contributed by atoms with Crippen molar-refractivity contribution in [2.24, 2.45) is 0 Å². The summed E-state index contributed by atoms with van der Waals surface area (Å²) in [5.41, 5.74) is 6.12. The number of hydrogen-bond donors (Lipinski definition) is 1. The van der Waals surface area contributed by atoms with Crippen LogP contribution >= 0.6 is 43.2 Å². The van der Waals surface area contributed by atoms with Crippen LogP contribution in [0.2, 0.25) is 0 Å². The largest absolute Gasteiger partial charge is 0.396 e. The number of hydrogen-bond acceptors (Lipinski definition) is 4. The van der Waals surface area contributed by atoms with E-state index in [0.29, 0.717) is 0 Å². The molecule has 2 rings (SSSR count). The zero-order valence-electron chi connectivity index (χ0n) is 10.8. The normalized spacial score (nSPS) is 12.0. The van der Waals surface area contributed by atoms with Crippen LogP contribution in [0.25, 0.3) is 0 Å². The Morgan fingerprint density at radius 1 is 1.33 bits per heavy atom. The van der Waals surface area contributed by atoms with E-state index in [1.807, 2.05) is 11.4 Å². The molecule has 21 heavy (non-hydrogen) atoms. The van der Waals surface area contributed by atoms with Crippen molar-refractivity contribution >= 4 is 58.9 Å². The van der Waals surface area contributed by atoms with Gasteiger partial charge in [-0.1, -0.05) is 0 Å². The monoisotopic (exact) mass is 456 g/mol. The third-order valence-electron chi connectivity index (χ3n) is 2.77. The van der Waals surface area contributed by atoms with Gasteiger partial charge in [-0.2, -0.15) is 4.31 Å². The van der Waals surface area contributed by atoms with Crippen LogP contribution < -0.4 is 5.73 Å². The number of benzene rings is 1. The van der Waals surface area contributed by atoms with Gasteiger partial charge in [0.25, 0.3) is 0 Å². The van der Waals surface area contributed by atoms with Gasteiger partial charge in [0.15, 0.2) is 0 Å². The number of halogens is 3. The molecular formula is C12H11Br2FN2O2S2. The van der Waals surface area contributed by atoms with Crippen LogP contribution in [-0.2, 0) is 16.6 Å². The van der Waals surface area contributed by atoms with Crippen LogP contribution in [0.4, 0.5) is 10.1 Å². The minimum absolute atomic E-state index is 0.0572. The highest BCUT2D eigenvalue weighted by Gasteiger charge is 2.25. The van der Waals surface area contributed by atoms with Crippen molar-refractivity contribution in [3.05, 3.63) is 43.2 Å². The Morgan fingerprint density at radius 3 is 2.57 bits per heavy atom. The second kappa shape index (κ2) is 6.33. The molecule has 4 nitrogen and oxygen atoms in total. The van der Waals surface area contributed by atoms with Crippen molar-refractivity contribution in [1.82, 2.24) is 4.31 Å². The quantitative estimate of drug-likeness (QED) is 0.710. The highest BCUT2D eigenvalue weighted by Crippen LogP contribution is 2.30. The van der Waals surface area contributed by atoms with Gasteiger partial charge in [0.1, 0.15) is 5.82 Å². The van der Waals surface area contributed by atoms with Gasteiger partial charge in [-0.25, -0.2) is 12.8 Å². The fourth-order valence-electron chi connectivity index (χ4n) is 1.68. The maximum atomic E-state index is 13.3. The fourth-order valence-corrected chi connectivity index (χ4v) is 5.05. The van der Waals surface area contributed by atoms with Crippen molar-refractivity contribution in [2.45, 2.75) is 11.4 Å². The summed E-state index contributed by atoms with van der Waals surface area (Å²) in [5.74, 6) is -0.662. The standard InChI is InChI=1S/C12H11Br2FN2O2S2/c1-17(5-7-2-12(14)20-6-7)21(18,19)11-4-10(16)9(15)3-8(11)13/h2-4,6H,5,16H2,1H3. The van der Waals surface area contributed by atoms with E-state index in [0.717, 1.165) is 21.5 Å². The summed E-state index contributed by atoms with van der Waals surface area (Å²) in [4.78, 5) is -0.0572. The van der Waals surface area contributed by atoms with Crippen LogP contribution in [0.15, 0.2) is 36.7 Å². The molecule has 2 aromatic rings. The minimum Gasteiger partial charge on any atom is -0.396 e. The lowest BCUT2D eigenvalue weighted by atomic mass is 10.3. The number of nitrogen functional groups attached to an aromatic ring is 1. The highest BCUT2D eigenvalue weighted by atomic mass is 79.9. The third-order valence-corrected chi connectivity index (χ3v) is 7.08. The van der Waals surface area contributed by atoms with Gasteiger partial charge >= 0.3 is 0 Å². The molecule has 0 aliphatic heterocycles. The van der Waals surface area contributed by atoms with E-state index in [2.05, 4.69) is 31.9 Å². The Labute approximate surface area is 143 Å². The summed E-state index contributed by atoms with van der Waals surface area (Å²) in [6.45, 7) is 0.216. The van der Waals surface area contributed by atoms with E-state index in [1.165, 1.54) is 22.7 Å². The van der Waals surface area contributed by atoms with Gasteiger partial charge in [0, 0.05) is 18.1 Å². The average Bonchev–Trinajstić information content (AvgIpc) is 2.79. The van der Waals surface area contributed by atoms with Crippen LogP contribution in [-0.4, -0.2) is 19.8 Å². The number of anilines is 1. The van der Waals surface area contributed by atoms with Crippen molar-refractivity contribution in [2.75, 3.05) is 12.8 Å².